The average molecular weight is 394 g/mol. The van der Waals surface area contributed by atoms with E-state index < -0.39 is 17.5 Å². The summed E-state index contributed by atoms with van der Waals surface area (Å²) in [5.41, 5.74) is 0.816. The van der Waals surface area contributed by atoms with Gasteiger partial charge in [0, 0.05) is 23.6 Å². The predicted octanol–water partition coefficient (Wildman–Crippen LogP) is 4.00. The van der Waals surface area contributed by atoms with Crippen LogP contribution in [0.2, 0.25) is 10.0 Å². The molecule has 6 nitrogen and oxygen atoms in total. The largest absolute Gasteiger partial charge is 0.481 e. The molecule has 2 aromatic carbocycles. The number of oxazole rings is 1. The lowest BCUT2D eigenvalue weighted by Gasteiger charge is -2.06. The highest BCUT2D eigenvalue weighted by Crippen LogP contribution is 2.28. The Morgan fingerprint density at radius 1 is 1.12 bits per heavy atom. The minimum absolute atomic E-state index is 0.0922. The number of ketones is 1. The molecular weight excluding hydrogens is 381 g/mol. The van der Waals surface area contributed by atoms with Crippen LogP contribution in [0.4, 0.5) is 0 Å². The molecule has 0 aliphatic carbocycles. The first kappa shape index (κ1) is 18.2. The third-order valence-electron chi connectivity index (χ3n) is 3.87. The predicted molar refractivity (Wildman–Crippen MR) is 97.2 cm³/mol. The van der Waals surface area contributed by atoms with Gasteiger partial charge in [0.05, 0.1) is 16.1 Å². The minimum atomic E-state index is -0.960. The smallest absolute Gasteiger partial charge is 0.419 e. The molecular formula is C18H13Cl2NO5. The van der Waals surface area contributed by atoms with Crippen molar-refractivity contribution in [3.8, 4) is 0 Å². The fourth-order valence-electron chi connectivity index (χ4n) is 2.69. The van der Waals surface area contributed by atoms with Gasteiger partial charge in [-0.05, 0) is 30.7 Å². The number of halogens is 2. The number of nitrogens with zero attached hydrogens (tertiary/aromatic N) is 1. The van der Waals surface area contributed by atoms with Gasteiger partial charge in [0.1, 0.15) is 0 Å². The Balaban J connectivity index is 2.10. The maximum Gasteiger partial charge on any atom is 0.419 e. The van der Waals surface area contributed by atoms with Crippen molar-refractivity contribution in [3.63, 3.8) is 0 Å². The van der Waals surface area contributed by atoms with E-state index in [1.807, 2.05) is 0 Å². The molecule has 0 saturated heterocycles. The van der Waals surface area contributed by atoms with Crippen molar-refractivity contribution in [2.24, 2.45) is 0 Å². The van der Waals surface area contributed by atoms with E-state index in [4.69, 9.17) is 32.7 Å². The van der Waals surface area contributed by atoms with Gasteiger partial charge in [-0.25, -0.2) is 4.79 Å². The van der Waals surface area contributed by atoms with Crippen LogP contribution < -0.4 is 5.76 Å². The highest BCUT2D eigenvalue weighted by atomic mass is 35.5. The molecule has 1 aromatic heterocycles. The van der Waals surface area contributed by atoms with Crippen LogP contribution in [0.25, 0.3) is 11.1 Å². The van der Waals surface area contributed by atoms with Crippen molar-refractivity contribution < 1.29 is 19.1 Å². The van der Waals surface area contributed by atoms with Gasteiger partial charge in [-0.1, -0.05) is 35.3 Å². The number of aryl methyl sites for hydroxylation is 1. The van der Waals surface area contributed by atoms with Crippen LogP contribution in [0, 0.1) is 0 Å². The quantitative estimate of drug-likeness (QED) is 0.639. The fourth-order valence-corrected chi connectivity index (χ4v) is 3.12. The van der Waals surface area contributed by atoms with E-state index in [1.165, 1.54) is 16.7 Å². The van der Waals surface area contributed by atoms with Crippen LogP contribution in [-0.4, -0.2) is 21.4 Å². The number of carboxylic acids is 1. The van der Waals surface area contributed by atoms with E-state index in [2.05, 4.69) is 0 Å². The molecule has 8 heteroatoms. The monoisotopic (exact) mass is 393 g/mol. The van der Waals surface area contributed by atoms with Crippen LogP contribution in [0.1, 0.15) is 28.8 Å². The van der Waals surface area contributed by atoms with E-state index in [1.54, 1.807) is 24.3 Å². The molecule has 3 aromatic rings. The molecule has 0 saturated carbocycles. The van der Waals surface area contributed by atoms with Crippen LogP contribution in [-0.2, 0) is 11.3 Å². The summed E-state index contributed by atoms with van der Waals surface area (Å²) < 4.78 is 6.53. The number of hydrogen-bond acceptors (Lipinski definition) is 4. The zero-order chi connectivity index (χ0) is 18.8. The van der Waals surface area contributed by atoms with Crippen molar-refractivity contribution in [3.05, 3.63) is 68.1 Å². The molecule has 3 rings (SSSR count). The molecule has 0 amide bonds. The molecule has 0 spiro atoms. The highest BCUT2D eigenvalue weighted by Gasteiger charge is 2.21. The zero-order valence-corrected chi connectivity index (χ0v) is 14.9. The summed E-state index contributed by atoms with van der Waals surface area (Å²) in [6, 6.07) is 9.45. The number of carbonyl (C=O) groups is 2. The van der Waals surface area contributed by atoms with Crippen molar-refractivity contribution in [2.45, 2.75) is 19.4 Å². The van der Waals surface area contributed by atoms with Crippen LogP contribution in [0.5, 0.6) is 0 Å². The van der Waals surface area contributed by atoms with Crippen LogP contribution in [0.3, 0.4) is 0 Å². The summed E-state index contributed by atoms with van der Waals surface area (Å²) in [6.07, 6.45) is 0.148. The van der Waals surface area contributed by atoms with Gasteiger partial charge >= 0.3 is 11.7 Å². The van der Waals surface area contributed by atoms with E-state index >= 15 is 0 Å². The van der Waals surface area contributed by atoms with Gasteiger partial charge in [-0.2, -0.15) is 0 Å². The molecule has 26 heavy (non-hydrogen) atoms. The SMILES string of the molecule is O=C(O)CCCn1c(=O)oc2c(C(=O)c3ccccc3Cl)cc(Cl)cc21. The van der Waals surface area contributed by atoms with E-state index in [0.717, 1.165) is 0 Å². The third kappa shape index (κ3) is 3.52. The molecule has 1 heterocycles. The van der Waals surface area contributed by atoms with Gasteiger partial charge in [-0.3, -0.25) is 14.2 Å². The van der Waals surface area contributed by atoms with Crippen molar-refractivity contribution in [2.75, 3.05) is 0 Å². The summed E-state index contributed by atoms with van der Waals surface area (Å²) in [5.74, 6) is -2.06. The number of hydrogen-bond donors (Lipinski definition) is 1. The molecule has 0 aliphatic heterocycles. The maximum absolute atomic E-state index is 12.9. The van der Waals surface area contributed by atoms with Crippen molar-refractivity contribution in [1.82, 2.24) is 4.57 Å². The van der Waals surface area contributed by atoms with Crippen LogP contribution in [0.15, 0.2) is 45.6 Å². The summed E-state index contributed by atoms with van der Waals surface area (Å²) in [4.78, 5) is 35.7. The van der Waals surface area contributed by atoms with Gasteiger partial charge < -0.3 is 9.52 Å². The van der Waals surface area contributed by atoms with Gasteiger partial charge in [0.25, 0.3) is 0 Å². The molecule has 134 valence electrons. The minimum Gasteiger partial charge on any atom is -0.481 e. The second-order valence-corrected chi connectivity index (χ2v) is 6.47. The van der Waals surface area contributed by atoms with Crippen molar-refractivity contribution >= 4 is 46.1 Å². The Labute approximate surface area is 157 Å². The molecule has 0 aliphatic rings. The second-order valence-electron chi connectivity index (χ2n) is 5.63. The Hall–Kier alpha value is -2.57. The number of fused-ring (bicyclic) bond motifs is 1. The van der Waals surface area contributed by atoms with E-state index in [9.17, 15) is 14.4 Å². The standard InChI is InChI=1S/C18H13Cl2NO5/c19-10-8-12(16(24)11-4-1-2-5-13(11)20)17-14(9-10)21(18(25)26-17)7-3-6-15(22)23/h1-2,4-5,8-9H,3,6-7H2,(H,22,23). The third-order valence-corrected chi connectivity index (χ3v) is 4.42. The number of aromatic nitrogens is 1. The first-order chi connectivity index (χ1) is 12.4. The fraction of sp³-hybridized carbons (Fsp3) is 0.167. The lowest BCUT2D eigenvalue weighted by atomic mass is 10.0. The number of aliphatic carboxylic acids is 1. The lowest BCUT2D eigenvalue weighted by Crippen LogP contribution is -2.14. The Morgan fingerprint density at radius 3 is 2.54 bits per heavy atom. The second kappa shape index (κ2) is 7.35. The van der Waals surface area contributed by atoms with Crippen LogP contribution >= 0.6 is 23.2 Å². The van der Waals surface area contributed by atoms with Gasteiger partial charge in [0.2, 0.25) is 0 Å². The Morgan fingerprint density at radius 2 is 1.85 bits per heavy atom. The number of benzene rings is 2. The van der Waals surface area contributed by atoms with E-state index in [-0.39, 0.29) is 46.1 Å². The first-order valence-corrected chi connectivity index (χ1v) is 8.48. The van der Waals surface area contributed by atoms with E-state index in [0.29, 0.717) is 5.52 Å². The van der Waals surface area contributed by atoms with Gasteiger partial charge in [0.15, 0.2) is 11.4 Å². The molecule has 0 atom stereocenters. The van der Waals surface area contributed by atoms with Gasteiger partial charge in [-0.15, -0.1) is 0 Å². The summed E-state index contributed by atoms with van der Waals surface area (Å²) >= 11 is 12.2. The Bertz CT molecular complexity index is 1070. The highest BCUT2D eigenvalue weighted by molar-refractivity contribution is 6.36. The molecule has 0 fully saturated rings. The summed E-state index contributed by atoms with van der Waals surface area (Å²) in [5, 5.41) is 9.27. The maximum atomic E-state index is 12.9. The molecule has 0 bridgehead atoms. The summed E-state index contributed by atoms with van der Waals surface area (Å²) in [6.45, 7) is 0.137. The Kier molecular flexibility index (Phi) is 5.15. The summed E-state index contributed by atoms with van der Waals surface area (Å²) in [7, 11) is 0. The lowest BCUT2D eigenvalue weighted by molar-refractivity contribution is -0.137. The zero-order valence-electron chi connectivity index (χ0n) is 13.4. The van der Waals surface area contributed by atoms with Crippen molar-refractivity contribution in [1.29, 1.82) is 0 Å². The molecule has 0 radical (unpaired) electrons. The molecule has 0 unspecified atom stereocenters. The average Bonchev–Trinajstić information content (AvgIpc) is 2.89. The normalized spacial score (nSPS) is 11.0. The number of carboxylic acid groups (broad SMARTS) is 1. The number of carbonyl (C=O) groups excluding carboxylic acids is 1. The molecule has 1 N–H and O–H groups in total. The topological polar surface area (TPSA) is 89.5 Å². The first-order valence-electron chi connectivity index (χ1n) is 7.72. The number of rotatable bonds is 6.